The molecule has 0 amide bonds. The summed E-state index contributed by atoms with van der Waals surface area (Å²) in [5, 5.41) is 25.4. The molecule has 0 radical (unpaired) electrons. The molecule has 42 heavy (non-hydrogen) atoms. The zero-order chi connectivity index (χ0) is 30.6. The molecule has 4 rings (SSSR count). The van der Waals surface area contributed by atoms with Gasteiger partial charge < -0.3 is 25.6 Å². The van der Waals surface area contributed by atoms with Gasteiger partial charge in [-0.3, -0.25) is 9.59 Å². The number of aliphatic carboxylic acids is 2. The van der Waals surface area contributed by atoms with Gasteiger partial charge in [-0.15, -0.1) is 0 Å². The Balaban J connectivity index is 0.000000235. The summed E-state index contributed by atoms with van der Waals surface area (Å²) in [7, 11) is 0. The molecule has 4 aromatic rings. The summed E-state index contributed by atoms with van der Waals surface area (Å²) in [4.78, 5) is 32.9. The van der Waals surface area contributed by atoms with E-state index in [-0.39, 0.29) is 12.8 Å². The van der Waals surface area contributed by atoms with Crippen LogP contribution >= 0.6 is 46.4 Å². The van der Waals surface area contributed by atoms with Crippen molar-refractivity contribution in [2.24, 2.45) is 0 Å². The second kappa shape index (κ2) is 15.9. The molecule has 0 heterocycles. The number of nitrogens with one attached hydrogen (secondary N) is 2. The van der Waals surface area contributed by atoms with E-state index in [1.807, 2.05) is 6.07 Å². The Hall–Kier alpha value is -3.95. The van der Waals surface area contributed by atoms with Crippen molar-refractivity contribution in [3.63, 3.8) is 0 Å². The maximum atomic E-state index is 11.7. The fourth-order valence-electron chi connectivity index (χ4n) is 3.61. The summed E-state index contributed by atoms with van der Waals surface area (Å²) in [5.41, 5.74) is 3.73. The minimum Gasteiger partial charge on any atom is -0.481 e. The first-order valence-corrected chi connectivity index (χ1v) is 13.7. The third-order valence-electron chi connectivity index (χ3n) is 5.51. The number of carbonyl (C=O) groups excluding carboxylic acids is 1. The highest BCUT2D eigenvalue weighted by molar-refractivity contribution is 6.39. The monoisotopic (exact) mass is 648 g/mol. The predicted molar refractivity (Wildman–Crippen MR) is 166 cm³/mol. The minimum atomic E-state index is -1.20. The van der Waals surface area contributed by atoms with Crippen LogP contribution in [-0.2, 0) is 32.0 Å². The van der Waals surface area contributed by atoms with Gasteiger partial charge in [-0.25, -0.2) is 4.79 Å². The fraction of sp³-hybridized carbons (Fsp3) is 0.100. The number of benzene rings is 4. The van der Waals surface area contributed by atoms with Crippen LogP contribution < -0.4 is 10.6 Å². The molecule has 0 atom stereocenters. The van der Waals surface area contributed by atoms with Crippen molar-refractivity contribution in [3.05, 3.63) is 116 Å². The van der Waals surface area contributed by atoms with Crippen molar-refractivity contribution in [3.8, 4) is 0 Å². The Morgan fingerprint density at radius 3 is 1.38 bits per heavy atom. The number of hydrogen-bond acceptors (Lipinski definition) is 6. The van der Waals surface area contributed by atoms with Crippen molar-refractivity contribution >= 4 is 87.1 Å². The molecule has 12 heteroatoms. The molecule has 0 aliphatic heterocycles. The Bertz CT molecular complexity index is 1540. The first-order chi connectivity index (χ1) is 20.0. The molecule has 0 saturated carbocycles. The number of rotatable bonds is 10. The number of hydrogen-bond donors (Lipinski definition) is 4. The van der Waals surface area contributed by atoms with E-state index in [0.717, 1.165) is 0 Å². The van der Waals surface area contributed by atoms with Crippen LogP contribution in [0, 0.1) is 0 Å². The average Bonchev–Trinajstić information content (AvgIpc) is 2.93. The van der Waals surface area contributed by atoms with E-state index in [9.17, 15) is 14.4 Å². The summed E-state index contributed by atoms with van der Waals surface area (Å²) >= 11 is 24.4. The molecule has 0 fully saturated rings. The molecule has 4 N–H and O–H groups in total. The molecule has 0 unspecified atom stereocenters. The zero-order valence-corrected chi connectivity index (χ0v) is 24.8. The van der Waals surface area contributed by atoms with Crippen molar-refractivity contribution in [1.82, 2.24) is 0 Å². The highest BCUT2D eigenvalue weighted by atomic mass is 35.5. The van der Waals surface area contributed by atoms with Crippen LogP contribution in [0.3, 0.4) is 0 Å². The van der Waals surface area contributed by atoms with Gasteiger partial charge in [-0.05, 0) is 47.5 Å². The number of esters is 1. The lowest BCUT2D eigenvalue weighted by atomic mass is 10.1. The SMILES string of the molecule is O=C(O)COC(=O)Cc1ccccc1Nc1c(Cl)cccc1Cl.O=C(O)Cc1ccccc1Nc1c(Cl)cccc1Cl. The summed E-state index contributed by atoms with van der Waals surface area (Å²) in [5.74, 6) is -2.72. The number of halogens is 4. The maximum Gasteiger partial charge on any atom is 0.341 e. The number of para-hydroxylation sites is 4. The molecule has 0 bridgehead atoms. The largest absolute Gasteiger partial charge is 0.481 e. The van der Waals surface area contributed by atoms with Gasteiger partial charge in [0.25, 0.3) is 0 Å². The first kappa shape index (κ1) is 32.6. The molecule has 0 saturated heterocycles. The Labute approximate surface area is 261 Å². The molecule has 0 spiro atoms. The van der Waals surface area contributed by atoms with Crippen LogP contribution in [0.1, 0.15) is 11.1 Å². The normalized spacial score (nSPS) is 10.2. The van der Waals surface area contributed by atoms with Gasteiger partial charge in [-0.2, -0.15) is 0 Å². The van der Waals surface area contributed by atoms with Gasteiger partial charge >= 0.3 is 17.9 Å². The lowest BCUT2D eigenvalue weighted by Crippen LogP contribution is -2.15. The molecule has 4 aromatic carbocycles. The van der Waals surface area contributed by atoms with Gasteiger partial charge in [0.1, 0.15) is 0 Å². The third kappa shape index (κ3) is 9.85. The van der Waals surface area contributed by atoms with Crippen LogP contribution in [0.2, 0.25) is 20.1 Å². The van der Waals surface area contributed by atoms with E-state index in [0.29, 0.717) is 54.0 Å². The van der Waals surface area contributed by atoms with Gasteiger partial charge in [0, 0.05) is 11.4 Å². The second-order valence-corrected chi connectivity index (χ2v) is 10.2. The molecule has 8 nitrogen and oxygen atoms in total. The van der Waals surface area contributed by atoms with Gasteiger partial charge in [-0.1, -0.05) is 94.9 Å². The fourth-order valence-corrected chi connectivity index (χ4v) is 4.59. The number of ether oxygens (including phenoxy) is 1. The summed E-state index contributed by atoms with van der Waals surface area (Å²) < 4.78 is 4.64. The molecule has 0 aliphatic carbocycles. The van der Waals surface area contributed by atoms with Crippen molar-refractivity contribution in [2.75, 3.05) is 17.2 Å². The molecule has 218 valence electrons. The topological polar surface area (TPSA) is 125 Å². The van der Waals surface area contributed by atoms with Gasteiger partial charge in [0.05, 0.1) is 44.3 Å². The Kier molecular flexibility index (Phi) is 12.3. The molecule has 0 aromatic heterocycles. The number of carboxylic acids is 2. The predicted octanol–water partition coefficient (Wildman–Crippen LogP) is 8.27. The third-order valence-corrected chi connectivity index (χ3v) is 6.77. The quantitative estimate of drug-likeness (QED) is 0.127. The first-order valence-electron chi connectivity index (χ1n) is 12.2. The van der Waals surface area contributed by atoms with E-state index in [4.69, 9.17) is 56.6 Å². The van der Waals surface area contributed by atoms with Crippen LogP contribution in [0.15, 0.2) is 84.9 Å². The highest BCUT2D eigenvalue weighted by Gasteiger charge is 2.13. The van der Waals surface area contributed by atoms with Crippen LogP contribution in [-0.4, -0.2) is 34.7 Å². The Morgan fingerprint density at radius 2 is 0.976 bits per heavy atom. The second-order valence-electron chi connectivity index (χ2n) is 8.56. The lowest BCUT2D eigenvalue weighted by Gasteiger charge is -2.14. The van der Waals surface area contributed by atoms with Gasteiger partial charge in [0.2, 0.25) is 0 Å². The Morgan fingerprint density at radius 1 is 0.571 bits per heavy atom. The van der Waals surface area contributed by atoms with E-state index >= 15 is 0 Å². The summed E-state index contributed by atoms with van der Waals surface area (Å²) in [6, 6.07) is 24.5. The van der Waals surface area contributed by atoms with Crippen molar-refractivity contribution in [1.29, 1.82) is 0 Å². The van der Waals surface area contributed by atoms with Gasteiger partial charge in [0.15, 0.2) is 6.61 Å². The molecular weight excluding hydrogens is 626 g/mol. The van der Waals surface area contributed by atoms with Crippen molar-refractivity contribution < 1.29 is 29.3 Å². The van der Waals surface area contributed by atoms with E-state index in [1.165, 1.54) is 0 Å². The summed E-state index contributed by atoms with van der Waals surface area (Å²) in [6.07, 6.45) is -0.135. The van der Waals surface area contributed by atoms with E-state index < -0.39 is 24.5 Å². The number of carboxylic acid groups (broad SMARTS) is 2. The molecular formula is C30H24Cl4N2O6. The minimum absolute atomic E-state index is 0.0642. The molecule has 0 aliphatic rings. The highest BCUT2D eigenvalue weighted by Crippen LogP contribution is 2.35. The smallest absolute Gasteiger partial charge is 0.341 e. The lowest BCUT2D eigenvalue weighted by molar-refractivity contribution is -0.154. The zero-order valence-electron chi connectivity index (χ0n) is 21.7. The summed E-state index contributed by atoms with van der Waals surface area (Å²) in [6.45, 7) is -0.662. The van der Waals surface area contributed by atoms with E-state index in [2.05, 4.69) is 15.4 Å². The average molecular weight is 650 g/mol. The van der Waals surface area contributed by atoms with Crippen molar-refractivity contribution in [2.45, 2.75) is 12.8 Å². The van der Waals surface area contributed by atoms with E-state index in [1.54, 1.807) is 78.9 Å². The number of anilines is 4. The van der Waals surface area contributed by atoms with Crippen LogP contribution in [0.25, 0.3) is 0 Å². The van der Waals surface area contributed by atoms with Crippen LogP contribution in [0.4, 0.5) is 22.7 Å². The maximum absolute atomic E-state index is 11.7. The van der Waals surface area contributed by atoms with Crippen LogP contribution in [0.5, 0.6) is 0 Å². The number of carbonyl (C=O) groups is 3. The standard InChI is InChI=1S/C16H13Cl2NO4.C14H11Cl2NO2/c17-11-5-3-6-12(18)16(11)19-13-7-2-1-4-10(13)8-15(22)23-9-14(20)21;15-10-5-3-6-11(16)14(10)17-12-7-2-1-4-9(12)8-13(18)19/h1-7,19H,8-9H2,(H,20,21);1-7,17H,8H2,(H,18,19).